The van der Waals surface area contributed by atoms with Crippen molar-refractivity contribution in [3.63, 3.8) is 0 Å². The van der Waals surface area contributed by atoms with Crippen LogP contribution < -0.4 is 15.2 Å². The summed E-state index contributed by atoms with van der Waals surface area (Å²) in [4.78, 5) is 0. The van der Waals surface area contributed by atoms with Gasteiger partial charge in [-0.25, -0.2) is 4.39 Å². The van der Waals surface area contributed by atoms with E-state index < -0.39 is 5.82 Å². The van der Waals surface area contributed by atoms with Crippen LogP contribution in [0.2, 0.25) is 5.02 Å². The van der Waals surface area contributed by atoms with Crippen molar-refractivity contribution in [1.82, 2.24) is 0 Å². The summed E-state index contributed by atoms with van der Waals surface area (Å²) in [6.45, 7) is 0.102. The molecule has 2 aromatic rings. The third kappa shape index (κ3) is 3.44. The van der Waals surface area contributed by atoms with Gasteiger partial charge in [-0.15, -0.1) is 0 Å². The molecule has 0 unspecified atom stereocenters. The second kappa shape index (κ2) is 6.45. The molecule has 110 valence electrons. The Morgan fingerprint density at radius 1 is 1.33 bits per heavy atom. The third-order valence-electron chi connectivity index (χ3n) is 2.86. The van der Waals surface area contributed by atoms with Crippen LogP contribution in [0.25, 0.3) is 0 Å². The van der Waals surface area contributed by atoms with Gasteiger partial charge in [-0.05, 0) is 29.8 Å². The number of halogens is 2. The molecule has 0 heterocycles. The number of nitrogen functional groups attached to an aromatic ring is 1. The van der Waals surface area contributed by atoms with Crippen molar-refractivity contribution in [1.29, 1.82) is 5.41 Å². The molecule has 0 atom stereocenters. The van der Waals surface area contributed by atoms with E-state index in [-0.39, 0.29) is 23.2 Å². The number of nitrogens with two attached hydrogens (primary N) is 1. The lowest BCUT2D eigenvalue weighted by molar-refractivity contribution is 0.290. The normalized spacial score (nSPS) is 10.2. The fraction of sp³-hybridized carbons (Fsp3) is 0.133. The summed E-state index contributed by atoms with van der Waals surface area (Å²) in [6, 6.07) is 9.42. The number of ether oxygens (including phenoxy) is 2. The Morgan fingerprint density at radius 2 is 2.10 bits per heavy atom. The summed E-state index contributed by atoms with van der Waals surface area (Å²) < 4.78 is 24.1. The van der Waals surface area contributed by atoms with Gasteiger partial charge in [-0.2, -0.15) is 0 Å². The van der Waals surface area contributed by atoms with Crippen LogP contribution >= 0.6 is 11.6 Å². The number of para-hydroxylation sites is 1. The molecular formula is C15H14ClFN2O2. The van der Waals surface area contributed by atoms with Crippen molar-refractivity contribution in [2.24, 2.45) is 5.73 Å². The SMILES string of the molecule is COc1ccc(COc2c(F)cccc2Cl)cc1C(=N)N. The van der Waals surface area contributed by atoms with Gasteiger partial charge in [-0.3, -0.25) is 5.41 Å². The van der Waals surface area contributed by atoms with Gasteiger partial charge in [-0.1, -0.05) is 23.7 Å². The number of amidine groups is 1. The zero-order valence-electron chi connectivity index (χ0n) is 11.3. The topological polar surface area (TPSA) is 68.3 Å². The first-order valence-electron chi connectivity index (χ1n) is 6.11. The molecule has 0 aromatic heterocycles. The highest BCUT2D eigenvalue weighted by Gasteiger charge is 2.10. The lowest BCUT2D eigenvalue weighted by Gasteiger charge is -2.12. The summed E-state index contributed by atoms with van der Waals surface area (Å²) in [5.74, 6) is -0.144. The molecular weight excluding hydrogens is 295 g/mol. The van der Waals surface area contributed by atoms with Crippen molar-refractivity contribution >= 4 is 17.4 Å². The molecule has 2 rings (SSSR count). The summed E-state index contributed by atoms with van der Waals surface area (Å²) in [7, 11) is 1.50. The van der Waals surface area contributed by atoms with Gasteiger partial charge in [0.05, 0.1) is 17.7 Å². The van der Waals surface area contributed by atoms with E-state index in [0.717, 1.165) is 5.56 Å². The maximum atomic E-state index is 13.6. The number of methoxy groups -OCH3 is 1. The molecule has 21 heavy (non-hydrogen) atoms. The Labute approximate surface area is 126 Å². The summed E-state index contributed by atoms with van der Waals surface area (Å²) >= 11 is 5.89. The van der Waals surface area contributed by atoms with E-state index >= 15 is 0 Å². The molecule has 0 bridgehead atoms. The highest BCUT2D eigenvalue weighted by atomic mass is 35.5. The highest BCUT2D eigenvalue weighted by Crippen LogP contribution is 2.28. The van der Waals surface area contributed by atoms with Gasteiger partial charge >= 0.3 is 0 Å². The fourth-order valence-electron chi connectivity index (χ4n) is 1.83. The molecule has 6 heteroatoms. The van der Waals surface area contributed by atoms with Crippen molar-refractivity contribution in [3.05, 3.63) is 58.4 Å². The molecule has 0 saturated heterocycles. The third-order valence-corrected chi connectivity index (χ3v) is 3.15. The van der Waals surface area contributed by atoms with Crippen molar-refractivity contribution in [3.8, 4) is 11.5 Å². The minimum absolute atomic E-state index is 0.000593. The number of hydrogen-bond acceptors (Lipinski definition) is 3. The Bertz CT molecular complexity index is 656. The van der Waals surface area contributed by atoms with Crippen LogP contribution in [0.3, 0.4) is 0 Å². The number of rotatable bonds is 5. The summed E-state index contributed by atoms with van der Waals surface area (Å²) in [5.41, 5.74) is 6.68. The van der Waals surface area contributed by atoms with E-state index in [1.807, 2.05) is 0 Å². The lowest BCUT2D eigenvalue weighted by atomic mass is 10.1. The molecule has 3 N–H and O–H groups in total. The minimum Gasteiger partial charge on any atom is -0.496 e. The van der Waals surface area contributed by atoms with Gasteiger partial charge in [0.15, 0.2) is 11.6 Å². The monoisotopic (exact) mass is 308 g/mol. The van der Waals surface area contributed by atoms with Crippen molar-refractivity contribution < 1.29 is 13.9 Å². The van der Waals surface area contributed by atoms with Crippen LogP contribution in [-0.2, 0) is 6.61 Å². The molecule has 0 aliphatic carbocycles. The molecule has 0 amide bonds. The number of hydrogen-bond donors (Lipinski definition) is 2. The van der Waals surface area contributed by atoms with Gasteiger partial charge in [0.25, 0.3) is 0 Å². The summed E-state index contributed by atoms with van der Waals surface area (Å²) in [5, 5.41) is 7.72. The second-order valence-electron chi connectivity index (χ2n) is 4.29. The van der Waals surface area contributed by atoms with Crippen LogP contribution in [-0.4, -0.2) is 12.9 Å². The Balaban J connectivity index is 2.21. The maximum Gasteiger partial charge on any atom is 0.174 e. The molecule has 2 aromatic carbocycles. The largest absolute Gasteiger partial charge is 0.496 e. The van der Waals surface area contributed by atoms with Crippen LogP contribution in [0, 0.1) is 11.2 Å². The van der Waals surface area contributed by atoms with Crippen LogP contribution in [0.4, 0.5) is 4.39 Å². The van der Waals surface area contributed by atoms with E-state index in [1.54, 1.807) is 24.3 Å². The smallest absolute Gasteiger partial charge is 0.174 e. The van der Waals surface area contributed by atoms with Crippen LogP contribution in [0.1, 0.15) is 11.1 Å². The number of benzene rings is 2. The van der Waals surface area contributed by atoms with E-state index in [1.165, 1.54) is 19.2 Å². The van der Waals surface area contributed by atoms with Gasteiger partial charge < -0.3 is 15.2 Å². The number of nitrogens with one attached hydrogen (secondary N) is 1. The van der Waals surface area contributed by atoms with Crippen molar-refractivity contribution in [2.45, 2.75) is 6.61 Å². The fourth-order valence-corrected chi connectivity index (χ4v) is 2.05. The molecule has 0 saturated carbocycles. The van der Waals surface area contributed by atoms with Gasteiger partial charge in [0.1, 0.15) is 18.2 Å². The Morgan fingerprint density at radius 3 is 2.71 bits per heavy atom. The van der Waals surface area contributed by atoms with E-state index in [0.29, 0.717) is 11.3 Å². The van der Waals surface area contributed by atoms with Gasteiger partial charge in [0, 0.05) is 0 Å². The average molecular weight is 309 g/mol. The zero-order valence-corrected chi connectivity index (χ0v) is 12.1. The first-order valence-corrected chi connectivity index (χ1v) is 6.49. The van der Waals surface area contributed by atoms with E-state index in [9.17, 15) is 4.39 Å². The molecule has 0 spiro atoms. The van der Waals surface area contributed by atoms with E-state index in [2.05, 4.69) is 0 Å². The molecule has 4 nitrogen and oxygen atoms in total. The molecule has 0 aliphatic rings. The Kier molecular flexibility index (Phi) is 4.65. The predicted octanol–water partition coefficient (Wildman–Crippen LogP) is 3.35. The lowest BCUT2D eigenvalue weighted by Crippen LogP contribution is -2.13. The standard InChI is InChI=1S/C15H14ClFN2O2/c1-20-13-6-5-9(7-10(13)15(18)19)8-21-14-11(16)3-2-4-12(14)17/h2-7H,8H2,1H3,(H3,18,19). The molecule has 0 fully saturated rings. The average Bonchev–Trinajstić information content (AvgIpc) is 2.46. The Hall–Kier alpha value is -2.27. The van der Waals surface area contributed by atoms with E-state index in [4.69, 9.17) is 32.2 Å². The first kappa shape index (κ1) is 15.1. The predicted molar refractivity (Wildman–Crippen MR) is 79.8 cm³/mol. The van der Waals surface area contributed by atoms with Crippen molar-refractivity contribution in [2.75, 3.05) is 7.11 Å². The summed E-state index contributed by atoms with van der Waals surface area (Å²) in [6.07, 6.45) is 0. The second-order valence-corrected chi connectivity index (χ2v) is 4.69. The molecule has 0 aliphatic heterocycles. The quantitative estimate of drug-likeness (QED) is 0.657. The maximum absolute atomic E-state index is 13.6. The minimum atomic E-state index is -0.525. The molecule has 0 radical (unpaired) electrons. The first-order chi connectivity index (χ1) is 10.0. The van der Waals surface area contributed by atoms with Crippen LogP contribution in [0.5, 0.6) is 11.5 Å². The van der Waals surface area contributed by atoms with Gasteiger partial charge in [0.2, 0.25) is 0 Å². The van der Waals surface area contributed by atoms with Crippen LogP contribution in [0.15, 0.2) is 36.4 Å². The highest BCUT2D eigenvalue weighted by molar-refractivity contribution is 6.32. The zero-order chi connectivity index (χ0) is 15.4.